The second-order valence-corrected chi connectivity index (χ2v) is 6.40. The van der Waals surface area contributed by atoms with Crippen molar-refractivity contribution < 1.29 is 4.79 Å². The van der Waals surface area contributed by atoms with Crippen molar-refractivity contribution >= 4 is 17.7 Å². The molecule has 0 aliphatic carbocycles. The molecule has 1 saturated heterocycles. The summed E-state index contributed by atoms with van der Waals surface area (Å²) in [6.07, 6.45) is 3.72. The van der Waals surface area contributed by atoms with Gasteiger partial charge in [-0.05, 0) is 30.6 Å². The minimum Gasteiger partial charge on any atom is -0.355 e. The minimum atomic E-state index is -0.0483. The molecule has 1 fully saturated rings. The highest BCUT2D eigenvalue weighted by Gasteiger charge is 2.16. The molecule has 3 N–H and O–H groups in total. The van der Waals surface area contributed by atoms with Gasteiger partial charge in [0.05, 0.1) is 0 Å². The molecule has 1 aromatic rings. The zero-order valence-electron chi connectivity index (χ0n) is 11.2. The van der Waals surface area contributed by atoms with Gasteiger partial charge < -0.3 is 11.1 Å². The normalized spacial score (nSPS) is 20.2. The lowest BCUT2D eigenvalue weighted by Gasteiger charge is -2.13. The number of carbonyl (C=O) groups is 1. The quantitative estimate of drug-likeness (QED) is 0.840. The van der Waals surface area contributed by atoms with Gasteiger partial charge in [0.1, 0.15) is 0 Å². The maximum absolute atomic E-state index is 11.8. The molecule has 0 spiro atoms. The van der Waals surface area contributed by atoms with E-state index in [-0.39, 0.29) is 11.9 Å². The number of carbonyl (C=O) groups excluding carboxylic acids is 1. The monoisotopic (exact) mass is 278 g/mol. The molecule has 2 unspecified atom stereocenters. The highest BCUT2D eigenvalue weighted by molar-refractivity contribution is 8.00. The van der Waals surface area contributed by atoms with Gasteiger partial charge in [-0.3, -0.25) is 4.79 Å². The Balaban J connectivity index is 1.65. The van der Waals surface area contributed by atoms with Gasteiger partial charge in [0.25, 0.3) is 0 Å². The molecule has 1 aliphatic heterocycles. The molecule has 1 aromatic carbocycles. The molecular weight excluding hydrogens is 256 g/mol. The number of nitrogens with one attached hydrogen (secondary N) is 1. The summed E-state index contributed by atoms with van der Waals surface area (Å²) in [5.41, 5.74) is 7.18. The summed E-state index contributed by atoms with van der Waals surface area (Å²) in [7, 11) is 0. The second-order valence-electron chi connectivity index (χ2n) is 4.99. The molecule has 0 aromatic heterocycles. The van der Waals surface area contributed by atoms with Crippen LogP contribution in [0, 0.1) is 0 Å². The van der Waals surface area contributed by atoms with Crippen LogP contribution in [0.15, 0.2) is 30.3 Å². The smallest absolute Gasteiger partial charge is 0.220 e. The van der Waals surface area contributed by atoms with E-state index in [2.05, 4.69) is 5.32 Å². The summed E-state index contributed by atoms with van der Waals surface area (Å²) in [4.78, 5) is 11.8. The van der Waals surface area contributed by atoms with Gasteiger partial charge in [-0.25, -0.2) is 0 Å². The fourth-order valence-corrected chi connectivity index (χ4v) is 3.48. The van der Waals surface area contributed by atoms with E-state index in [4.69, 9.17) is 5.73 Å². The molecule has 1 heterocycles. The molecule has 0 bridgehead atoms. The van der Waals surface area contributed by atoms with Crippen LogP contribution in [-0.2, 0) is 4.79 Å². The average molecular weight is 278 g/mol. The Labute approximate surface area is 119 Å². The SMILES string of the molecule is NC(CCC(=O)NCC1CCCS1)c1ccccc1. The molecule has 4 heteroatoms. The first-order valence-corrected chi connectivity index (χ1v) is 7.99. The summed E-state index contributed by atoms with van der Waals surface area (Å²) in [5.74, 6) is 1.36. The third-order valence-corrected chi connectivity index (χ3v) is 4.86. The Morgan fingerprint density at radius 3 is 2.89 bits per heavy atom. The molecule has 1 aliphatic rings. The van der Waals surface area contributed by atoms with E-state index in [1.807, 2.05) is 42.1 Å². The van der Waals surface area contributed by atoms with Crippen molar-refractivity contribution in [2.24, 2.45) is 5.73 Å². The summed E-state index contributed by atoms with van der Waals surface area (Å²) < 4.78 is 0. The maximum Gasteiger partial charge on any atom is 0.220 e. The molecule has 2 atom stereocenters. The van der Waals surface area contributed by atoms with Crippen LogP contribution in [0.4, 0.5) is 0 Å². The predicted molar refractivity (Wildman–Crippen MR) is 81.1 cm³/mol. The van der Waals surface area contributed by atoms with Gasteiger partial charge in [0.15, 0.2) is 0 Å². The molecule has 2 rings (SSSR count). The Kier molecular flexibility index (Phi) is 5.73. The minimum absolute atomic E-state index is 0.0483. The first-order chi connectivity index (χ1) is 9.25. The zero-order valence-corrected chi connectivity index (χ0v) is 12.0. The first-order valence-electron chi connectivity index (χ1n) is 6.94. The Morgan fingerprint density at radius 1 is 1.42 bits per heavy atom. The molecule has 3 nitrogen and oxygen atoms in total. The van der Waals surface area contributed by atoms with E-state index in [9.17, 15) is 4.79 Å². The van der Waals surface area contributed by atoms with Crippen molar-refractivity contribution in [2.75, 3.05) is 12.3 Å². The van der Waals surface area contributed by atoms with E-state index >= 15 is 0 Å². The molecule has 0 radical (unpaired) electrons. The number of thioether (sulfide) groups is 1. The van der Waals surface area contributed by atoms with Crippen LogP contribution in [0.1, 0.15) is 37.3 Å². The van der Waals surface area contributed by atoms with Crippen molar-refractivity contribution in [1.82, 2.24) is 5.32 Å². The predicted octanol–water partition coefficient (Wildman–Crippen LogP) is 2.48. The van der Waals surface area contributed by atoms with Crippen LogP contribution in [0.3, 0.4) is 0 Å². The van der Waals surface area contributed by atoms with Crippen LogP contribution in [0.25, 0.3) is 0 Å². The highest BCUT2D eigenvalue weighted by Crippen LogP contribution is 2.25. The summed E-state index contributed by atoms with van der Waals surface area (Å²) in [6, 6.07) is 9.91. The van der Waals surface area contributed by atoms with Crippen molar-refractivity contribution in [3.8, 4) is 0 Å². The second kappa shape index (κ2) is 7.56. The lowest BCUT2D eigenvalue weighted by atomic mass is 10.0. The molecule has 0 saturated carbocycles. The maximum atomic E-state index is 11.8. The van der Waals surface area contributed by atoms with E-state index in [0.29, 0.717) is 18.1 Å². The highest BCUT2D eigenvalue weighted by atomic mass is 32.2. The van der Waals surface area contributed by atoms with E-state index < -0.39 is 0 Å². The van der Waals surface area contributed by atoms with Gasteiger partial charge in [-0.2, -0.15) is 11.8 Å². The van der Waals surface area contributed by atoms with Crippen LogP contribution in [-0.4, -0.2) is 23.5 Å². The van der Waals surface area contributed by atoms with E-state index in [0.717, 1.165) is 12.1 Å². The molecule has 1 amide bonds. The third-order valence-electron chi connectivity index (χ3n) is 3.46. The standard InChI is InChI=1S/C15H22N2OS/c16-14(12-5-2-1-3-6-12)8-9-15(18)17-11-13-7-4-10-19-13/h1-3,5-6,13-14H,4,7-11,16H2,(H,17,18). The number of benzene rings is 1. The number of hydrogen-bond donors (Lipinski definition) is 2. The summed E-state index contributed by atoms with van der Waals surface area (Å²) >= 11 is 1.97. The average Bonchev–Trinajstić information content (AvgIpc) is 2.96. The fraction of sp³-hybridized carbons (Fsp3) is 0.533. The third kappa shape index (κ3) is 4.88. The van der Waals surface area contributed by atoms with Crippen molar-refractivity contribution in [3.05, 3.63) is 35.9 Å². The van der Waals surface area contributed by atoms with Gasteiger partial charge in [0, 0.05) is 24.3 Å². The van der Waals surface area contributed by atoms with Crippen molar-refractivity contribution in [3.63, 3.8) is 0 Å². The van der Waals surface area contributed by atoms with Gasteiger partial charge in [-0.1, -0.05) is 30.3 Å². The van der Waals surface area contributed by atoms with Crippen LogP contribution < -0.4 is 11.1 Å². The van der Waals surface area contributed by atoms with Crippen LogP contribution in [0.5, 0.6) is 0 Å². The summed E-state index contributed by atoms with van der Waals surface area (Å²) in [6.45, 7) is 0.810. The molecule has 104 valence electrons. The van der Waals surface area contributed by atoms with Crippen molar-refractivity contribution in [2.45, 2.75) is 37.0 Å². The van der Waals surface area contributed by atoms with Crippen LogP contribution >= 0.6 is 11.8 Å². The number of amides is 1. The lowest BCUT2D eigenvalue weighted by molar-refractivity contribution is -0.121. The zero-order chi connectivity index (χ0) is 13.5. The Hall–Kier alpha value is -1.00. The van der Waals surface area contributed by atoms with Gasteiger partial charge in [-0.15, -0.1) is 0 Å². The number of rotatable bonds is 6. The fourth-order valence-electron chi connectivity index (χ4n) is 2.27. The Bertz CT molecular complexity index is 390. The largest absolute Gasteiger partial charge is 0.355 e. The molecule has 19 heavy (non-hydrogen) atoms. The van der Waals surface area contributed by atoms with Gasteiger partial charge >= 0.3 is 0 Å². The van der Waals surface area contributed by atoms with E-state index in [1.165, 1.54) is 18.6 Å². The van der Waals surface area contributed by atoms with E-state index in [1.54, 1.807) is 0 Å². The van der Waals surface area contributed by atoms with Crippen molar-refractivity contribution in [1.29, 1.82) is 0 Å². The van der Waals surface area contributed by atoms with Gasteiger partial charge in [0.2, 0.25) is 5.91 Å². The number of nitrogens with two attached hydrogens (primary N) is 1. The lowest BCUT2D eigenvalue weighted by Crippen LogP contribution is -2.30. The summed E-state index contributed by atoms with van der Waals surface area (Å²) in [5, 5.41) is 3.63. The molecular formula is C15H22N2OS. The number of hydrogen-bond acceptors (Lipinski definition) is 3. The van der Waals surface area contributed by atoms with Crippen LogP contribution in [0.2, 0.25) is 0 Å². The Morgan fingerprint density at radius 2 is 2.21 bits per heavy atom. The topological polar surface area (TPSA) is 55.1 Å². The first kappa shape index (κ1) is 14.4.